The smallest absolute Gasteiger partial charge is 0.0510 e. The summed E-state index contributed by atoms with van der Waals surface area (Å²) >= 11 is 0. The van der Waals surface area contributed by atoms with E-state index in [4.69, 9.17) is 4.74 Å². The van der Waals surface area contributed by atoms with Crippen LogP contribution in [0.5, 0.6) is 0 Å². The molecule has 21 heavy (non-hydrogen) atoms. The van der Waals surface area contributed by atoms with Crippen LogP contribution in [0.1, 0.15) is 51.9 Å². The fourth-order valence-corrected chi connectivity index (χ4v) is 4.70. The Morgan fingerprint density at radius 1 is 1.14 bits per heavy atom. The molecule has 1 N–H and O–H groups in total. The zero-order valence-electron chi connectivity index (χ0n) is 13.9. The van der Waals surface area contributed by atoms with Gasteiger partial charge in [-0.25, -0.2) is 0 Å². The van der Waals surface area contributed by atoms with Crippen molar-refractivity contribution in [1.82, 2.24) is 10.2 Å². The second-order valence-electron chi connectivity index (χ2n) is 7.54. The minimum absolute atomic E-state index is 0.646. The molecule has 0 bridgehead atoms. The number of ether oxygens (including phenoxy) is 1. The highest BCUT2D eigenvalue weighted by Crippen LogP contribution is 2.36. The van der Waals surface area contributed by atoms with Crippen molar-refractivity contribution >= 4 is 0 Å². The lowest BCUT2D eigenvalue weighted by molar-refractivity contribution is 0.0719. The van der Waals surface area contributed by atoms with Crippen molar-refractivity contribution in [2.45, 2.75) is 57.9 Å². The lowest BCUT2D eigenvalue weighted by Crippen LogP contribution is -2.50. The number of rotatable bonds is 6. The Kier molecular flexibility index (Phi) is 5.96. The molecule has 2 saturated heterocycles. The molecule has 122 valence electrons. The van der Waals surface area contributed by atoms with E-state index in [1.807, 2.05) is 0 Å². The van der Waals surface area contributed by atoms with Gasteiger partial charge >= 0.3 is 0 Å². The minimum Gasteiger partial charge on any atom is -0.381 e. The molecular weight excluding hydrogens is 260 g/mol. The van der Waals surface area contributed by atoms with Gasteiger partial charge in [0.05, 0.1) is 6.61 Å². The third-order valence-corrected chi connectivity index (χ3v) is 6.02. The topological polar surface area (TPSA) is 24.5 Å². The maximum absolute atomic E-state index is 5.63. The van der Waals surface area contributed by atoms with Crippen LogP contribution in [0.4, 0.5) is 0 Å². The van der Waals surface area contributed by atoms with Crippen LogP contribution < -0.4 is 5.32 Å². The van der Waals surface area contributed by atoms with Crippen LogP contribution in [-0.2, 0) is 4.74 Å². The lowest BCUT2D eigenvalue weighted by Gasteiger charge is -2.43. The quantitative estimate of drug-likeness (QED) is 0.815. The van der Waals surface area contributed by atoms with Crippen LogP contribution in [-0.4, -0.2) is 50.3 Å². The molecule has 3 heteroatoms. The van der Waals surface area contributed by atoms with E-state index >= 15 is 0 Å². The van der Waals surface area contributed by atoms with E-state index in [9.17, 15) is 0 Å². The Morgan fingerprint density at radius 3 is 2.76 bits per heavy atom. The summed E-state index contributed by atoms with van der Waals surface area (Å²) in [5, 5.41) is 3.81. The molecule has 0 spiro atoms. The van der Waals surface area contributed by atoms with Gasteiger partial charge in [0.2, 0.25) is 0 Å². The van der Waals surface area contributed by atoms with Crippen LogP contribution >= 0.6 is 0 Å². The van der Waals surface area contributed by atoms with Crippen molar-refractivity contribution in [3.63, 3.8) is 0 Å². The van der Waals surface area contributed by atoms with Crippen molar-refractivity contribution in [1.29, 1.82) is 0 Å². The van der Waals surface area contributed by atoms with Crippen LogP contribution in [0.3, 0.4) is 0 Å². The lowest BCUT2D eigenvalue weighted by atomic mass is 9.75. The molecule has 4 atom stereocenters. The Labute approximate surface area is 130 Å². The summed E-state index contributed by atoms with van der Waals surface area (Å²) in [5.41, 5.74) is 0. The highest BCUT2D eigenvalue weighted by Gasteiger charge is 2.33. The van der Waals surface area contributed by atoms with Crippen molar-refractivity contribution in [3.05, 3.63) is 0 Å². The van der Waals surface area contributed by atoms with E-state index in [1.165, 1.54) is 64.6 Å². The molecule has 3 aliphatic rings. The Hall–Kier alpha value is -0.120. The average Bonchev–Trinajstić information content (AvgIpc) is 3.05. The highest BCUT2D eigenvalue weighted by molar-refractivity contribution is 4.88. The molecule has 2 aliphatic heterocycles. The summed E-state index contributed by atoms with van der Waals surface area (Å²) in [7, 11) is 0. The van der Waals surface area contributed by atoms with E-state index in [1.54, 1.807) is 0 Å². The predicted octanol–water partition coefficient (Wildman–Crippen LogP) is 2.90. The third-order valence-electron chi connectivity index (χ3n) is 6.02. The SMILES string of the molecule is CCCNC(CN1CCC2CCCCC2C1)C1CCOC1. The predicted molar refractivity (Wildman–Crippen MR) is 87.5 cm³/mol. The maximum Gasteiger partial charge on any atom is 0.0510 e. The molecule has 0 aromatic rings. The number of likely N-dealkylation sites (tertiary alicyclic amines) is 1. The third kappa shape index (κ3) is 4.20. The van der Waals surface area contributed by atoms with Gasteiger partial charge in [0, 0.05) is 31.7 Å². The number of nitrogens with one attached hydrogen (secondary N) is 1. The van der Waals surface area contributed by atoms with Crippen LogP contribution in [0.2, 0.25) is 0 Å². The first-order chi connectivity index (χ1) is 10.4. The molecule has 0 aromatic carbocycles. The molecule has 3 rings (SSSR count). The van der Waals surface area contributed by atoms with Gasteiger partial charge < -0.3 is 15.0 Å². The molecule has 3 fully saturated rings. The summed E-state index contributed by atoms with van der Waals surface area (Å²) in [4.78, 5) is 2.76. The molecular formula is C18H34N2O. The largest absolute Gasteiger partial charge is 0.381 e. The molecule has 0 amide bonds. The fourth-order valence-electron chi connectivity index (χ4n) is 4.70. The van der Waals surface area contributed by atoms with E-state index in [0.29, 0.717) is 6.04 Å². The average molecular weight is 294 g/mol. The highest BCUT2D eigenvalue weighted by atomic mass is 16.5. The van der Waals surface area contributed by atoms with E-state index in [0.717, 1.165) is 37.5 Å². The first kappa shape index (κ1) is 15.8. The first-order valence-electron chi connectivity index (χ1n) is 9.40. The van der Waals surface area contributed by atoms with Gasteiger partial charge in [-0.1, -0.05) is 26.2 Å². The molecule has 0 radical (unpaired) electrons. The zero-order chi connectivity index (χ0) is 14.5. The second-order valence-corrected chi connectivity index (χ2v) is 7.54. The van der Waals surface area contributed by atoms with Gasteiger partial charge in [-0.05, 0) is 50.6 Å². The Morgan fingerprint density at radius 2 is 2.00 bits per heavy atom. The maximum atomic E-state index is 5.63. The summed E-state index contributed by atoms with van der Waals surface area (Å²) in [5.74, 6) is 2.78. The van der Waals surface area contributed by atoms with Gasteiger partial charge in [0.1, 0.15) is 0 Å². The molecule has 1 saturated carbocycles. The summed E-state index contributed by atoms with van der Waals surface area (Å²) in [6.07, 6.45) is 9.89. The summed E-state index contributed by atoms with van der Waals surface area (Å²) in [6.45, 7) is 9.31. The molecule has 1 aliphatic carbocycles. The molecule has 2 heterocycles. The minimum atomic E-state index is 0.646. The van der Waals surface area contributed by atoms with Gasteiger partial charge in [-0.15, -0.1) is 0 Å². The molecule has 4 unspecified atom stereocenters. The van der Waals surface area contributed by atoms with Crippen molar-refractivity contribution in [2.24, 2.45) is 17.8 Å². The van der Waals surface area contributed by atoms with Gasteiger partial charge in [0.15, 0.2) is 0 Å². The fraction of sp³-hybridized carbons (Fsp3) is 1.00. The number of hydrogen-bond acceptors (Lipinski definition) is 3. The van der Waals surface area contributed by atoms with Gasteiger partial charge in [0.25, 0.3) is 0 Å². The first-order valence-corrected chi connectivity index (χ1v) is 9.40. The summed E-state index contributed by atoms with van der Waals surface area (Å²) < 4.78 is 5.63. The zero-order valence-corrected chi connectivity index (χ0v) is 13.9. The Balaban J connectivity index is 1.52. The number of piperidine rings is 1. The van der Waals surface area contributed by atoms with Crippen LogP contribution in [0.25, 0.3) is 0 Å². The van der Waals surface area contributed by atoms with E-state index in [-0.39, 0.29) is 0 Å². The number of nitrogens with zero attached hydrogens (tertiary/aromatic N) is 1. The van der Waals surface area contributed by atoms with Crippen molar-refractivity contribution in [2.75, 3.05) is 39.4 Å². The van der Waals surface area contributed by atoms with Gasteiger partial charge in [-0.2, -0.15) is 0 Å². The molecule has 0 aromatic heterocycles. The monoisotopic (exact) mass is 294 g/mol. The standard InChI is InChI=1S/C18H34N2O/c1-2-9-19-18(17-8-11-21-14-17)13-20-10-7-15-5-3-4-6-16(15)12-20/h15-19H,2-14H2,1H3. The summed E-state index contributed by atoms with van der Waals surface area (Å²) in [6, 6.07) is 0.646. The van der Waals surface area contributed by atoms with Gasteiger partial charge in [-0.3, -0.25) is 0 Å². The van der Waals surface area contributed by atoms with E-state index in [2.05, 4.69) is 17.1 Å². The van der Waals surface area contributed by atoms with Crippen molar-refractivity contribution < 1.29 is 4.74 Å². The normalized spacial score (nSPS) is 35.6. The second kappa shape index (κ2) is 7.94. The number of fused-ring (bicyclic) bond motifs is 1. The van der Waals surface area contributed by atoms with Crippen molar-refractivity contribution in [3.8, 4) is 0 Å². The van der Waals surface area contributed by atoms with Crippen LogP contribution in [0.15, 0.2) is 0 Å². The van der Waals surface area contributed by atoms with E-state index < -0.39 is 0 Å². The Bertz CT molecular complexity index is 304. The van der Waals surface area contributed by atoms with Crippen LogP contribution in [0, 0.1) is 17.8 Å². The number of hydrogen-bond donors (Lipinski definition) is 1. The molecule has 3 nitrogen and oxygen atoms in total.